The number of nitro groups is 1. The number of likely N-dealkylation sites (N-methyl/N-ethyl adjacent to an activating group) is 1. The van der Waals surface area contributed by atoms with Crippen molar-refractivity contribution in [1.82, 2.24) is 4.90 Å². The number of nitrogens with zero attached hydrogens (tertiary/aromatic N) is 2. The molecule has 0 aromatic heterocycles. The summed E-state index contributed by atoms with van der Waals surface area (Å²) >= 11 is 0. The minimum atomic E-state index is -0.664. The van der Waals surface area contributed by atoms with Crippen LogP contribution in [0.1, 0.15) is 19.3 Å². The highest BCUT2D eigenvalue weighted by atomic mass is 16.6. The van der Waals surface area contributed by atoms with E-state index in [2.05, 4.69) is 0 Å². The molecule has 0 radical (unpaired) electrons. The van der Waals surface area contributed by atoms with Gasteiger partial charge in [0.2, 0.25) is 0 Å². The van der Waals surface area contributed by atoms with Gasteiger partial charge in [0.25, 0.3) is 5.69 Å². The number of ether oxygens (including phenoxy) is 2. The van der Waals surface area contributed by atoms with Crippen molar-refractivity contribution < 1.29 is 19.5 Å². The van der Waals surface area contributed by atoms with Crippen LogP contribution in [0.25, 0.3) is 0 Å². The molecule has 1 heterocycles. The van der Waals surface area contributed by atoms with Gasteiger partial charge in [0.1, 0.15) is 18.5 Å². The average Bonchev–Trinajstić information content (AvgIpc) is 2.54. The lowest BCUT2D eigenvalue weighted by Crippen LogP contribution is -2.39. The van der Waals surface area contributed by atoms with Crippen molar-refractivity contribution >= 4 is 5.69 Å². The second-order valence-electron chi connectivity index (χ2n) is 5.93. The summed E-state index contributed by atoms with van der Waals surface area (Å²) in [4.78, 5) is 12.3. The van der Waals surface area contributed by atoms with Crippen molar-refractivity contribution in [2.24, 2.45) is 0 Å². The van der Waals surface area contributed by atoms with Gasteiger partial charge in [-0.3, -0.25) is 10.1 Å². The van der Waals surface area contributed by atoms with Crippen LogP contribution in [-0.2, 0) is 4.74 Å². The highest BCUT2D eigenvalue weighted by molar-refractivity contribution is 5.37. The molecule has 2 rings (SSSR count). The summed E-state index contributed by atoms with van der Waals surface area (Å²) < 4.78 is 11.1. The summed E-state index contributed by atoms with van der Waals surface area (Å²) in [5, 5.41) is 20.8. The van der Waals surface area contributed by atoms with Gasteiger partial charge in [-0.25, -0.2) is 0 Å². The van der Waals surface area contributed by atoms with E-state index in [0.717, 1.165) is 26.0 Å². The molecule has 2 unspecified atom stereocenters. The first kappa shape index (κ1) is 17.7. The summed E-state index contributed by atoms with van der Waals surface area (Å²) in [6.45, 7) is 2.16. The molecule has 7 nitrogen and oxygen atoms in total. The highest BCUT2D eigenvalue weighted by Gasteiger charge is 2.18. The van der Waals surface area contributed by atoms with Crippen LogP contribution in [0.5, 0.6) is 5.75 Å². The Morgan fingerprint density at radius 2 is 2.35 bits per heavy atom. The van der Waals surface area contributed by atoms with Crippen LogP contribution >= 0.6 is 0 Å². The van der Waals surface area contributed by atoms with Gasteiger partial charge in [0, 0.05) is 25.8 Å². The molecular weight excluding hydrogens is 300 g/mol. The molecular formula is C16H24N2O5. The Balaban J connectivity index is 1.72. The Labute approximate surface area is 136 Å². The number of benzene rings is 1. The van der Waals surface area contributed by atoms with Crippen molar-refractivity contribution in [2.75, 3.05) is 33.4 Å². The van der Waals surface area contributed by atoms with Crippen LogP contribution in [0.15, 0.2) is 24.3 Å². The van der Waals surface area contributed by atoms with Crippen LogP contribution in [0, 0.1) is 10.1 Å². The summed E-state index contributed by atoms with van der Waals surface area (Å²) in [6.07, 6.45) is 2.95. The molecule has 0 bridgehead atoms. The molecule has 1 aromatic carbocycles. The number of aliphatic hydroxyl groups excluding tert-OH is 1. The van der Waals surface area contributed by atoms with E-state index in [-0.39, 0.29) is 18.4 Å². The number of rotatable bonds is 8. The third-order valence-electron chi connectivity index (χ3n) is 3.78. The zero-order valence-electron chi connectivity index (χ0n) is 13.4. The maximum absolute atomic E-state index is 10.7. The van der Waals surface area contributed by atoms with Gasteiger partial charge < -0.3 is 19.5 Å². The van der Waals surface area contributed by atoms with Gasteiger partial charge in [-0.05, 0) is 32.4 Å². The maximum Gasteiger partial charge on any atom is 0.273 e. The van der Waals surface area contributed by atoms with E-state index < -0.39 is 11.0 Å². The van der Waals surface area contributed by atoms with Gasteiger partial charge in [-0.1, -0.05) is 6.07 Å². The maximum atomic E-state index is 10.7. The fourth-order valence-corrected chi connectivity index (χ4v) is 2.67. The lowest BCUT2D eigenvalue weighted by Gasteiger charge is -2.28. The van der Waals surface area contributed by atoms with Crippen LogP contribution < -0.4 is 4.74 Å². The first-order chi connectivity index (χ1) is 11.0. The Morgan fingerprint density at radius 3 is 3.04 bits per heavy atom. The second kappa shape index (κ2) is 8.81. The van der Waals surface area contributed by atoms with Gasteiger partial charge >= 0.3 is 0 Å². The summed E-state index contributed by atoms with van der Waals surface area (Å²) in [5.74, 6) is 0.386. The normalized spacial score (nSPS) is 19.5. The van der Waals surface area contributed by atoms with E-state index in [1.165, 1.54) is 18.6 Å². The lowest BCUT2D eigenvalue weighted by molar-refractivity contribution is -0.384. The molecule has 1 aliphatic heterocycles. The Kier molecular flexibility index (Phi) is 6.76. The molecule has 1 saturated heterocycles. The van der Waals surface area contributed by atoms with Gasteiger partial charge in [0.15, 0.2) is 0 Å². The van der Waals surface area contributed by atoms with Crippen molar-refractivity contribution in [1.29, 1.82) is 0 Å². The Hall–Kier alpha value is -1.70. The van der Waals surface area contributed by atoms with Crippen LogP contribution in [0.2, 0.25) is 0 Å². The number of aliphatic hydroxyl groups is 1. The molecule has 0 spiro atoms. The average molecular weight is 324 g/mol. The zero-order valence-corrected chi connectivity index (χ0v) is 13.4. The molecule has 1 aromatic rings. The highest BCUT2D eigenvalue weighted by Crippen LogP contribution is 2.19. The third-order valence-corrected chi connectivity index (χ3v) is 3.78. The van der Waals surface area contributed by atoms with Crippen molar-refractivity contribution in [2.45, 2.75) is 31.5 Å². The predicted molar refractivity (Wildman–Crippen MR) is 85.7 cm³/mol. The molecule has 7 heteroatoms. The summed E-state index contributed by atoms with van der Waals surface area (Å²) in [7, 11) is 1.94. The van der Waals surface area contributed by atoms with Gasteiger partial charge in [-0.2, -0.15) is 0 Å². The van der Waals surface area contributed by atoms with Gasteiger partial charge in [-0.15, -0.1) is 0 Å². The molecule has 1 aliphatic rings. The fraction of sp³-hybridized carbons (Fsp3) is 0.625. The number of hydrogen-bond acceptors (Lipinski definition) is 6. The van der Waals surface area contributed by atoms with Crippen LogP contribution in [0.4, 0.5) is 5.69 Å². The molecule has 23 heavy (non-hydrogen) atoms. The van der Waals surface area contributed by atoms with Crippen LogP contribution in [0.3, 0.4) is 0 Å². The first-order valence-corrected chi connectivity index (χ1v) is 7.90. The lowest BCUT2D eigenvalue weighted by atomic mass is 10.1. The SMILES string of the molecule is CN(CC(O)COc1cccc([N+](=O)[O-])c1)CC1CCCCO1. The Bertz CT molecular complexity index is 505. The minimum Gasteiger partial charge on any atom is -0.491 e. The molecule has 128 valence electrons. The second-order valence-corrected chi connectivity index (χ2v) is 5.93. The zero-order chi connectivity index (χ0) is 16.7. The quantitative estimate of drug-likeness (QED) is 0.580. The number of non-ortho nitro benzene ring substituents is 1. The number of hydrogen-bond donors (Lipinski definition) is 1. The molecule has 2 atom stereocenters. The van der Waals surface area contributed by atoms with E-state index in [1.807, 2.05) is 11.9 Å². The van der Waals surface area contributed by atoms with Crippen molar-refractivity contribution in [3.05, 3.63) is 34.4 Å². The Morgan fingerprint density at radius 1 is 1.52 bits per heavy atom. The molecule has 0 saturated carbocycles. The smallest absolute Gasteiger partial charge is 0.273 e. The largest absolute Gasteiger partial charge is 0.491 e. The monoisotopic (exact) mass is 324 g/mol. The van der Waals surface area contributed by atoms with E-state index >= 15 is 0 Å². The minimum absolute atomic E-state index is 0.0245. The fourth-order valence-electron chi connectivity index (χ4n) is 2.67. The molecule has 0 aliphatic carbocycles. The predicted octanol–water partition coefficient (Wildman–Crippen LogP) is 1.84. The van der Waals surface area contributed by atoms with Gasteiger partial charge in [0.05, 0.1) is 17.1 Å². The van der Waals surface area contributed by atoms with Crippen LogP contribution in [-0.4, -0.2) is 60.5 Å². The standard InChI is InChI=1S/C16H24N2O5/c1-17(11-16-6-2-3-8-22-16)10-14(19)12-23-15-7-4-5-13(9-15)18(20)21/h4-5,7,9,14,16,19H,2-3,6,8,10-12H2,1H3. The topological polar surface area (TPSA) is 85.1 Å². The molecule has 0 amide bonds. The third kappa shape index (κ3) is 6.13. The summed E-state index contributed by atoms with van der Waals surface area (Å²) in [6, 6.07) is 5.96. The first-order valence-electron chi connectivity index (χ1n) is 7.90. The van der Waals surface area contributed by atoms with Crippen molar-refractivity contribution in [3.8, 4) is 5.75 Å². The van der Waals surface area contributed by atoms with E-state index in [4.69, 9.17) is 9.47 Å². The molecule has 1 fully saturated rings. The molecule has 1 N–H and O–H groups in total. The van der Waals surface area contributed by atoms with Crippen molar-refractivity contribution in [3.63, 3.8) is 0 Å². The van der Waals surface area contributed by atoms with E-state index in [0.29, 0.717) is 12.3 Å². The number of nitro benzene ring substituents is 1. The van der Waals surface area contributed by atoms with E-state index in [9.17, 15) is 15.2 Å². The van der Waals surface area contributed by atoms with E-state index in [1.54, 1.807) is 12.1 Å². The summed E-state index contributed by atoms with van der Waals surface area (Å²) in [5.41, 5.74) is -0.0245.